The van der Waals surface area contributed by atoms with E-state index in [1.807, 2.05) is 0 Å². The highest BCUT2D eigenvalue weighted by Gasteiger charge is 2.19. The number of ether oxygens (including phenoxy) is 3. The smallest absolute Gasteiger partial charge is 0.306 e. The quantitative estimate of drug-likeness (QED) is 0.0261. The van der Waals surface area contributed by atoms with Crippen LogP contribution in [0, 0.1) is 0 Å². The van der Waals surface area contributed by atoms with Crippen molar-refractivity contribution in [2.24, 2.45) is 0 Å². The summed E-state index contributed by atoms with van der Waals surface area (Å²) in [6, 6.07) is 0. The van der Waals surface area contributed by atoms with Crippen LogP contribution in [0.2, 0.25) is 0 Å². The molecule has 0 heterocycles. The van der Waals surface area contributed by atoms with E-state index in [4.69, 9.17) is 14.2 Å². The number of carbonyl (C=O) groups excluding carboxylic acids is 3. The first-order chi connectivity index (χ1) is 40.0. The molecule has 0 spiro atoms. The molecule has 0 rings (SSSR count). The molecule has 0 saturated carbocycles. The Balaban J connectivity index is 4.47. The van der Waals surface area contributed by atoms with Gasteiger partial charge in [0.05, 0.1) is 0 Å². The Morgan fingerprint density at radius 3 is 0.691 bits per heavy atom. The minimum absolute atomic E-state index is 0.0976. The molecule has 0 N–H and O–H groups in total. The molecule has 81 heavy (non-hydrogen) atoms. The largest absolute Gasteiger partial charge is 0.462 e. The van der Waals surface area contributed by atoms with Gasteiger partial charge >= 0.3 is 17.9 Å². The third-order valence-corrected chi connectivity index (χ3v) is 13.5. The van der Waals surface area contributed by atoms with E-state index in [2.05, 4.69) is 179 Å². The fourth-order valence-corrected chi connectivity index (χ4v) is 8.69. The van der Waals surface area contributed by atoms with Gasteiger partial charge in [0.15, 0.2) is 6.10 Å². The first-order valence-electron chi connectivity index (χ1n) is 33.0. The topological polar surface area (TPSA) is 78.9 Å². The molecule has 0 aliphatic heterocycles. The van der Waals surface area contributed by atoms with Crippen LogP contribution >= 0.6 is 0 Å². The summed E-state index contributed by atoms with van der Waals surface area (Å²) in [5.74, 6) is -0.928. The zero-order valence-electron chi connectivity index (χ0n) is 52.2. The molecule has 0 aromatic carbocycles. The molecule has 1 unspecified atom stereocenters. The van der Waals surface area contributed by atoms with Crippen LogP contribution in [0.5, 0.6) is 0 Å². The fourth-order valence-electron chi connectivity index (χ4n) is 8.69. The Kier molecular flexibility index (Phi) is 63.4. The average molecular weight is 1120 g/mol. The van der Waals surface area contributed by atoms with Crippen LogP contribution in [0.1, 0.15) is 278 Å². The predicted molar refractivity (Wildman–Crippen MR) is 352 cm³/mol. The SMILES string of the molecule is CC/C=C\C/C=C\C/C=C\C/C=C\C/C=C\CCCCCCCCCC(=O)OCC(COC(=O)CCCCCCCCC/C=C\C/C=C\C/C=C\CC)OC(=O)CCCCCCCCC/C=C\C/C=C\C/C=C\C/C=C\C/C=C\CC. The molecule has 0 aromatic heterocycles. The van der Waals surface area contributed by atoms with Gasteiger partial charge in [-0.25, -0.2) is 0 Å². The summed E-state index contributed by atoms with van der Waals surface area (Å²) in [6.45, 7) is 6.28. The van der Waals surface area contributed by atoms with E-state index in [0.717, 1.165) is 167 Å². The second-order valence-electron chi connectivity index (χ2n) is 21.2. The highest BCUT2D eigenvalue weighted by Crippen LogP contribution is 2.15. The monoisotopic (exact) mass is 1120 g/mol. The molecule has 1 atom stereocenters. The van der Waals surface area contributed by atoms with E-state index >= 15 is 0 Å². The van der Waals surface area contributed by atoms with Gasteiger partial charge in [-0.3, -0.25) is 14.4 Å². The molecule has 6 heteroatoms. The van der Waals surface area contributed by atoms with Gasteiger partial charge in [0.2, 0.25) is 0 Å². The van der Waals surface area contributed by atoms with Gasteiger partial charge in [-0.15, -0.1) is 0 Å². The Morgan fingerprint density at radius 1 is 0.247 bits per heavy atom. The first kappa shape index (κ1) is 76.0. The number of allylic oxidation sites excluding steroid dienone is 26. The predicted octanol–water partition coefficient (Wildman–Crippen LogP) is 22.9. The molecule has 0 fully saturated rings. The lowest BCUT2D eigenvalue weighted by atomic mass is 10.1. The van der Waals surface area contributed by atoms with E-state index < -0.39 is 6.10 Å². The van der Waals surface area contributed by atoms with Crippen molar-refractivity contribution >= 4 is 17.9 Å². The van der Waals surface area contributed by atoms with Crippen LogP contribution in [-0.2, 0) is 28.6 Å². The van der Waals surface area contributed by atoms with E-state index in [-0.39, 0.29) is 31.1 Å². The standard InChI is InChI=1S/C75H120O6/c1-4-7-10-13-16-19-22-25-28-31-33-35-37-39-41-44-47-50-53-56-59-62-65-68-74(77)80-71-72(70-79-73(76)67-64-61-58-55-52-49-46-43-30-27-24-21-18-15-12-9-6-3)81-75(78)69-66-63-60-57-54-51-48-45-42-40-38-36-34-32-29-26-23-20-17-14-11-8-5-2/h7-12,16-21,25-30,33-36,39-42,72H,4-6,13-15,22-24,31-32,37-38,43-71H2,1-3H3/b10-7-,11-8-,12-9-,19-16-,20-17-,21-18-,28-25-,29-26-,30-27-,35-33-,36-34-,41-39-,42-40-. The summed E-state index contributed by atoms with van der Waals surface area (Å²) >= 11 is 0. The Labute approximate surface area is 499 Å². The third-order valence-electron chi connectivity index (χ3n) is 13.5. The average Bonchev–Trinajstić information content (AvgIpc) is 3.47. The summed E-state index contributed by atoms with van der Waals surface area (Å²) in [5.41, 5.74) is 0. The van der Waals surface area contributed by atoms with Crippen molar-refractivity contribution in [2.45, 2.75) is 284 Å². The van der Waals surface area contributed by atoms with Crippen LogP contribution < -0.4 is 0 Å². The number of hydrogen-bond acceptors (Lipinski definition) is 6. The highest BCUT2D eigenvalue weighted by atomic mass is 16.6. The highest BCUT2D eigenvalue weighted by molar-refractivity contribution is 5.71. The van der Waals surface area contributed by atoms with Crippen LogP contribution in [0.3, 0.4) is 0 Å². The van der Waals surface area contributed by atoms with Crippen molar-refractivity contribution < 1.29 is 28.6 Å². The van der Waals surface area contributed by atoms with Gasteiger partial charge in [0.1, 0.15) is 13.2 Å². The van der Waals surface area contributed by atoms with Crippen LogP contribution in [-0.4, -0.2) is 37.2 Å². The van der Waals surface area contributed by atoms with Crippen LogP contribution in [0.25, 0.3) is 0 Å². The Bertz CT molecular complexity index is 1810. The first-order valence-corrected chi connectivity index (χ1v) is 33.0. The maximum atomic E-state index is 13.0. The Morgan fingerprint density at radius 2 is 0.444 bits per heavy atom. The normalized spacial score (nSPS) is 13.2. The molecule has 6 nitrogen and oxygen atoms in total. The molecule has 0 saturated heterocycles. The third kappa shape index (κ3) is 65.7. The number of esters is 3. The van der Waals surface area contributed by atoms with E-state index in [1.165, 1.54) is 70.6 Å². The zero-order valence-corrected chi connectivity index (χ0v) is 52.2. The number of unbranched alkanes of at least 4 members (excludes halogenated alkanes) is 21. The molecule has 0 aromatic rings. The summed E-state index contributed by atoms with van der Waals surface area (Å²) < 4.78 is 16.9. The molecule has 0 radical (unpaired) electrons. The number of hydrogen-bond donors (Lipinski definition) is 0. The van der Waals surface area contributed by atoms with Crippen molar-refractivity contribution in [2.75, 3.05) is 13.2 Å². The Hall–Kier alpha value is -4.97. The molecule has 0 bridgehead atoms. The summed E-state index contributed by atoms with van der Waals surface area (Å²) in [5, 5.41) is 0. The zero-order chi connectivity index (χ0) is 58.5. The van der Waals surface area contributed by atoms with Crippen LogP contribution in [0.15, 0.2) is 158 Å². The fraction of sp³-hybridized carbons (Fsp3) is 0.613. The van der Waals surface area contributed by atoms with Gasteiger partial charge < -0.3 is 14.2 Å². The van der Waals surface area contributed by atoms with Gasteiger partial charge in [0.25, 0.3) is 0 Å². The lowest BCUT2D eigenvalue weighted by Gasteiger charge is -2.18. The van der Waals surface area contributed by atoms with Crippen molar-refractivity contribution in [1.82, 2.24) is 0 Å². The number of carbonyl (C=O) groups is 3. The van der Waals surface area contributed by atoms with Crippen molar-refractivity contribution in [3.8, 4) is 0 Å². The van der Waals surface area contributed by atoms with E-state index in [9.17, 15) is 14.4 Å². The number of rotatable bonds is 58. The molecular formula is C75H120O6. The summed E-state index contributed by atoms with van der Waals surface area (Å²) in [7, 11) is 0. The van der Waals surface area contributed by atoms with Crippen molar-refractivity contribution in [1.29, 1.82) is 0 Å². The molecule has 0 aliphatic carbocycles. The molecule has 0 aliphatic rings. The minimum atomic E-state index is -0.803. The summed E-state index contributed by atoms with van der Waals surface area (Å²) in [4.78, 5) is 38.4. The molecule has 0 amide bonds. The van der Waals surface area contributed by atoms with Gasteiger partial charge in [-0.05, 0) is 141 Å². The lowest BCUT2D eigenvalue weighted by molar-refractivity contribution is -0.167. The summed E-state index contributed by atoms with van der Waals surface area (Å²) in [6.07, 6.45) is 98.1. The van der Waals surface area contributed by atoms with E-state index in [0.29, 0.717) is 19.3 Å². The van der Waals surface area contributed by atoms with E-state index in [1.54, 1.807) is 0 Å². The van der Waals surface area contributed by atoms with Gasteiger partial charge in [-0.1, -0.05) is 275 Å². The van der Waals surface area contributed by atoms with Gasteiger partial charge in [-0.2, -0.15) is 0 Å². The van der Waals surface area contributed by atoms with Crippen LogP contribution in [0.4, 0.5) is 0 Å². The second-order valence-corrected chi connectivity index (χ2v) is 21.2. The maximum Gasteiger partial charge on any atom is 0.306 e. The molecular weight excluding hydrogens is 997 g/mol. The second kappa shape index (κ2) is 67.5. The molecule has 456 valence electrons. The van der Waals surface area contributed by atoms with Gasteiger partial charge in [0, 0.05) is 19.3 Å². The lowest BCUT2D eigenvalue weighted by Crippen LogP contribution is -2.30. The minimum Gasteiger partial charge on any atom is -0.462 e. The van der Waals surface area contributed by atoms with Crippen molar-refractivity contribution in [3.63, 3.8) is 0 Å². The van der Waals surface area contributed by atoms with Crippen molar-refractivity contribution in [3.05, 3.63) is 158 Å². The maximum absolute atomic E-state index is 13.0.